The molecule has 0 fully saturated rings. The molecule has 0 aromatic heterocycles. The monoisotopic (exact) mass is 867 g/mol. The fourth-order valence-corrected chi connectivity index (χ4v) is 6.25. The van der Waals surface area contributed by atoms with Crippen molar-refractivity contribution >= 4 is 23.7 Å². The van der Waals surface area contributed by atoms with Crippen LogP contribution in [0.15, 0.2) is 103 Å². The van der Waals surface area contributed by atoms with Crippen LogP contribution in [0.1, 0.15) is 83.8 Å². The number of carboxylic acids is 1. The normalized spacial score (nSPS) is 15.5. The first-order valence-electron chi connectivity index (χ1n) is 21.8. The maximum absolute atomic E-state index is 12.4. The fourth-order valence-electron chi connectivity index (χ4n) is 6.25. The third-order valence-electron chi connectivity index (χ3n) is 9.24. The summed E-state index contributed by atoms with van der Waals surface area (Å²) in [4.78, 5) is 35.5. The number of benzene rings is 1. The summed E-state index contributed by atoms with van der Waals surface area (Å²) < 4.78 is 38.6. The number of nitrogens with one attached hydrogen (secondary N) is 2. The molecule has 2 aliphatic carbocycles. The van der Waals surface area contributed by atoms with Crippen LogP contribution in [0.5, 0.6) is 0 Å². The van der Waals surface area contributed by atoms with Crippen LogP contribution < -0.4 is 10.6 Å². The molecule has 3 rings (SSSR count). The molecule has 0 spiro atoms. The number of allylic oxidation sites excluding steroid dienone is 8. The fraction of sp³-hybridized carbons (Fsp3) is 0.531. The van der Waals surface area contributed by atoms with Crippen molar-refractivity contribution in [2.24, 2.45) is 5.92 Å². The van der Waals surface area contributed by atoms with Crippen LogP contribution in [0, 0.1) is 5.92 Å². The average molecular weight is 867 g/mol. The second-order valence-electron chi connectivity index (χ2n) is 13.8. The number of alkyl carbamates (subject to hydrolysis) is 2. The van der Waals surface area contributed by atoms with E-state index in [1.165, 1.54) is 22.3 Å². The number of ether oxygens (including phenoxy) is 7. The van der Waals surface area contributed by atoms with Gasteiger partial charge in [0.1, 0.15) is 25.9 Å². The van der Waals surface area contributed by atoms with Gasteiger partial charge in [0.25, 0.3) is 0 Å². The van der Waals surface area contributed by atoms with Gasteiger partial charge in [0, 0.05) is 24.9 Å². The van der Waals surface area contributed by atoms with Gasteiger partial charge in [-0.3, -0.25) is 0 Å². The lowest BCUT2D eigenvalue weighted by Gasteiger charge is -2.17. The van der Waals surface area contributed by atoms with Crippen molar-refractivity contribution in [2.75, 3.05) is 85.8 Å². The number of amides is 2. The molecule has 3 atom stereocenters. The Morgan fingerprint density at radius 1 is 0.774 bits per heavy atom. The van der Waals surface area contributed by atoms with Gasteiger partial charge in [0.05, 0.1) is 52.9 Å². The van der Waals surface area contributed by atoms with E-state index in [0.717, 1.165) is 43.2 Å². The molecular formula is C49H74N2O11. The predicted octanol–water partition coefficient (Wildman–Crippen LogP) is 9.15. The summed E-state index contributed by atoms with van der Waals surface area (Å²) in [5.74, 6) is -1.07. The second kappa shape index (κ2) is 35.8. The van der Waals surface area contributed by atoms with Crippen LogP contribution in [-0.4, -0.2) is 115 Å². The van der Waals surface area contributed by atoms with Crippen molar-refractivity contribution in [3.63, 3.8) is 0 Å². The summed E-state index contributed by atoms with van der Waals surface area (Å²) in [5, 5.41) is 14.4. The zero-order valence-electron chi connectivity index (χ0n) is 38.0. The summed E-state index contributed by atoms with van der Waals surface area (Å²) >= 11 is 0. The lowest BCUT2D eigenvalue weighted by atomic mass is 9.96. The van der Waals surface area contributed by atoms with E-state index >= 15 is 0 Å². The predicted molar refractivity (Wildman–Crippen MR) is 246 cm³/mol. The van der Waals surface area contributed by atoms with E-state index in [2.05, 4.69) is 81.5 Å². The Hall–Kier alpha value is -4.79. The maximum atomic E-state index is 12.4. The van der Waals surface area contributed by atoms with Crippen molar-refractivity contribution in [3.8, 4) is 0 Å². The van der Waals surface area contributed by atoms with Crippen LogP contribution in [0.3, 0.4) is 0 Å². The van der Waals surface area contributed by atoms with Crippen LogP contribution >= 0.6 is 0 Å². The minimum atomic E-state index is -1.10. The zero-order chi connectivity index (χ0) is 45.8. The molecule has 0 saturated heterocycles. The molecule has 3 unspecified atom stereocenters. The van der Waals surface area contributed by atoms with E-state index in [1.807, 2.05) is 50.3 Å². The summed E-state index contributed by atoms with van der Waals surface area (Å²) in [5.41, 5.74) is 7.06. The van der Waals surface area contributed by atoms with Gasteiger partial charge in [-0.1, -0.05) is 101 Å². The molecule has 0 aliphatic heterocycles. The van der Waals surface area contributed by atoms with Crippen molar-refractivity contribution in [3.05, 3.63) is 114 Å². The highest BCUT2D eigenvalue weighted by Crippen LogP contribution is 2.37. The Labute approximate surface area is 370 Å². The Morgan fingerprint density at radius 3 is 1.90 bits per heavy atom. The number of aliphatic carboxylic acids is 1. The van der Waals surface area contributed by atoms with Gasteiger partial charge in [-0.15, -0.1) is 13.2 Å². The molecule has 0 radical (unpaired) electrons. The molecule has 0 heterocycles. The molecule has 3 N–H and O–H groups in total. The summed E-state index contributed by atoms with van der Waals surface area (Å²) in [6, 6.07) is 8.09. The number of fused-ring (bicyclic) bond motifs is 1. The number of carboxylic acid groups (broad SMARTS) is 1. The highest BCUT2D eigenvalue weighted by atomic mass is 16.6. The van der Waals surface area contributed by atoms with E-state index in [1.54, 1.807) is 0 Å². The first kappa shape index (κ1) is 55.2. The van der Waals surface area contributed by atoms with Gasteiger partial charge in [-0.2, -0.15) is 0 Å². The largest absolute Gasteiger partial charge is 0.480 e. The Morgan fingerprint density at radius 2 is 1.35 bits per heavy atom. The molecule has 13 nitrogen and oxygen atoms in total. The van der Waals surface area contributed by atoms with E-state index in [0.29, 0.717) is 0 Å². The highest BCUT2D eigenvalue weighted by Gasteiger charge is 2.25. The van der Waals surface area contributed by atoms with Gasteiger partial charge in [-0.05, 0) is 72.4 Å². The van der Waals surface area contributed by atoms with Crippen molar-refractivity contribution in [1.29, 1.82) is 0 Å². The average Bonchev–Trinajstić information content (AvgIpc) is 3.80. The number of rotatable bonds is 31. The number of hydrogen-bond donors (Lipinski definition) is 3. The van der Waals surface area contributed by atoms with Crippen LogP contribution in [0.25, 0.3) is 5.57 Å². The Bertz CT molecular complexity index is 1600. The minimum absolute atomic E-state index is 0.00823. The molecule has 1 aromatic rings. The van der Waals surface area contributed by atoms with E-state index in [9.17, 15) is 14.4 Å². The van der Waals surface area contributed by atoms with Gasteiger partial charge >= 0.3 is 18.2 Å². The van der Waals surface area contributed by atoms with Gasteiger partial charge in [0.15, 0.2) is 0 Å². The molecule has 2 amide bonds. The molecular weight excluding hydrogens is 793 g/mol. The topological polar surface area (TPSA) is 160 Å². The molecule has 13 heteroatoms. The summed E-state index contributed by atoms with van der Waals surface area (Å²) in [6.45, 7) is 23.8. The lowest BCUT2D eigenvalue weighted by molar-refractivity contribution is -0.148. The smallest absolute Gasteiger partial charge is 0.407 e. The van der Waals surface area contributed by atoms with E-state index < -0.39 is 30.9 Å². The number of carbonyl (C=O) groups is 3. The van der Waals surface area contributed by atoms with Crippen molar-refractivity contribution < 1.29 is 52.6 Å². The van der Waals surface area contributed by atoms with Crippen LogP contribution in [-0.2, 0) is 38.0 Å². The quantitative estimate of drug-likeness (QED) is 0.0483. The highest BCUT2D eigenvalue weighted by molar-refractivity contribution is 5.74. The zero-order valence-corrected chi connectivity index (χ0v) is 38.0. The Kier molecular flexibility index (Phi) is 31.9. The lowest BCUT2D eigenvalue weighted by Crippen LogP contribution is -2.31. The first-order valence-corrected chi connectivity index (χ1v) is 21.8. The minimum Gasteiger partial charge on any atom is -0.480 e. The third-order valence-corrected chi connectivity index (χ3v) is 9.24. The molecule has 1 aromatic carbocycles. The molecule has 2 aliphatic rings. The standard InChI is InChI=1S/C43H60N2O11.C4H8.C2H6/c1-5-8-10-15-39-35(26-33(13-9-6-2)37(39)7-3)28-56-43(49)45-18-20-51-22-24-53-30-36(54-31-41(46)47)29-52-23-21-50-19-17-44-42(48)55-27-34-25-32(4)38-14-11-12-16-40(34)38;1-3-4-2;1-2/h6-8,10-12,14,16,25-26,34-36H,2-3,5,9,13,15,17-24,27-31H2,1,4H3,(H,44,48)(H,45,49)(H,46,47);3H,1,4H2,2H3;1-2H3/b10-8-;;. The van der Waals surface area contributed by atoms with E-state index in [-0.39, 0.29) is 91.0 Å². The van der Waals surface area contributed by atoms with E-state index in [4.69, 9.17) is 38.3 Å². The van der Waals surface area contributed by atoms with Crippen molar-refractivity contribution in [2.45, 2.75) is 78.7 Å². The second-order valence-corrected chi connectivity index (χ2v) is 13.8. The molecule has 346 valence electrons. The van der Waals surface area contributed by atoms with Gasteiger partial charge < -0.3 is 48.9 Å². The summed E-state index contributed by atoms with van der Waals surface area (Å²) in [6.07, 6.45) is 17.1. The molecule has 62 heavy (non-hydrogen) atoms. The van der Waals surface area contributed by atoms with Gasteiger partial charge in [-0.25, -0.2) is 14.4 Å². The van der Waals surface area contributed by atoms with Crippen LogP contribution in [0.2, 0.25) is 0 Å². The molecule has 0 bridgehead atoms. The SMILES string of the molecule is C=CCC.C=CCCC1=CC(COC(=O)NCCOCCOCC(COCCOCCNC(=O)OCC2C=C(C)c3ccccc32)OCC(=O)O)C(C/C=C\CC)=C1C=C.CC. The molecule has 0 saturated carbocycles. The third kappa shape index (κ3) is 23.4. The van der Waals surface area contributed by atoms with Crippen LogP contribution in [0.4, 0.5) is 9.59 Å². The number of hydrogen-bond acceptors (Lipinski definition) is 10. The first-order chi connectivity index (χ1) is 30.2. The number of carbonyl (C=O) groups excluding carboxylic acids is 2. The maximum Gasteiger partial charge on any atom is 0.407 e. The van der Waals surface area contributed by atoms with Gasteiger partial charge in [0.2, 0.25) is 0 Å². The summed E-state index contributed by atoms with van der Waals surface area (Å²) in [7, 11) is 0. The Balaban J connectivity index is 0.00000302. The van der Waals surface area contributed by atoms with Crippen molar-refractivity contribution in [1.82, 2.24) is 10.6 Å².